The van der Waals surface area contributed by atoms with E-state index in [9.17, 15) is 9.90 Å². The van der Waals surface area contributed by atoms with Crippen LogP contribution in [0.2, 0.25) is 0 Å². The molecule has 0 aromatic heterocycles. The van der Waals surface area contributed by atoms with E-state index in [1.807, 2.05) is 13.8 Å². The van der Waals surface area contributed by atoms with Gasteiger partial charge in [-0.15, -0.1) is 0 Å². The van der Waals surface area contributed by atoms with Gasteiger partial charge in [-0.05, 0) is 59.8 Å². The van der Waals surface area contributed by atoms with Crippen molar-refractivity contribution < 1.29 is 9.90 Å². The van der Waals surface area contributed by atoms with Crippen LogP contribution in [-0.4, -0.2) is 38.5 Å². The minimum atomic E-state index is -1.28. The molecule has 124 valence electrons. The van der Waals surface area contributed by atoms with Crippen molar-refractivity contribution in [2.75, 3.05) is 13.1 Å². The largest absolute Gasteiger partial charge is 0.379 e. The van der Waals surface area contributed by atoms with Gasteiger partial charge in [-0.2, -0.15) is 0 Å². The molecule has 0 aliphatic rings. The first-order chi connectivity index (χ1) is 9.66. The number of aliphatic hydroxyl groups is 1. The van der Waals surface area contributed by atoms with Gasteiger partial charge in [-0.1, -0.05) is 41.2 Å². The lowest BCUT2D eigenvalue weighted by atomic mass is 9.90. The number of nitrogens with zero attached hydrogens (tertiary/aromatic N) is 1. The summed E-state index contributed by atoms with van der Waals surface area (Å²) in [5.41, 5.74) is 0.0640. The van der Waals surface area contributed by atoms with Crippen molar-refractivity contribution in [2.24, 2.45) is 5.92 Å². The highest BCUT2D eigenvalue weighted by Gasteiger charge is 2.40. The zero-order chi connectivity index (χ0) is 16.6. The number of hydrogen-bond donors (Lipinski definition) is 1. The lowest BCUT2D eigenvalue weighted by Crippen LogP contribution is -2.52. The van der Waals surface area contributed by atoms with Crippen LogP contribution in [0.15, 0.2) is 11.6 Å². The summed E-state index contributed by atoms with van der Waals surface area (Å²) >= 11 is 2.23. The Bertz CT molecular complexity index is 345. The van der Waals surface area contributed by atoms with Gasteiger partial charge in [0.15, 0.2) is 5.60 Å². The average molecular weight is 409 g/mol. The quantitative estimate of drug-likeness (QED) is 0.353. The van der Waals surface area contributed by atoms with Crippen LogP contribution in [-0.2, 0) is 4.79 Å². The van der Waals surface area contributed by atoms with E-state index >= 15 is 0 Å². The molecule has 0 aromatic carbocycles. The number of likely N-dealkylation sites (N-methyl/N-ethyl adjacent to an activating group) is 1. The second-order valence-electron chi connectivity index (χ2n) is 6.29. The molecule has 0 radical (unpaired) electrons. The lowest BCUT2D eigenvalue weighted by Gasteiger charge is -2.34. The molecule has 0 aliphatic heterocycles. The number of amides is 1. The van der Waals surface area contributed by atoms with Gasteiger partial charge in [0, 0.05) is 17.0 Å². The average Bonchev–Trinajstić information content (AvgIpc) is 2.39. The molecule has 0 rings (SSSR count). The van der Waals surface area contributed by atoms with E-state index in [1.54, 1.807) is 11.8 Å². The molecule has 0 saturated heterocycles. The maximum Gasteiger partial charge on any atom is 0.255 e. The van der Waals surface area contributed by atoms with Crippen molar-refractivity contribution in [3.05, 3.63) is 11.6 Å². The Hall–Kier alpha value is -0.100. The SMILES string of the molecule is CCN(CC)C(=O)[C@](C)(O)[C@H](I)CC(C)CCC=C(C)C. The van der Waals surface area contributed by atoms with E-state index in [0.717, 1.165) is 19.3 Å². The van der Waals surface area contributed by atoms with Gasteiger partial charge >= 0.3 is 0 Å². The summed E-state index contributed by atoms with van der Waals surface area (Å²) in [6.07, 6.45) is 5.27. The summed E-state index contributed by atoms with van der Waals surface area (Å²) in [7, 11) is 0. The van der Waals surface area contributed by atoms with Gasteiger partial charge in [0.2, 0.25) is 0 Å². The second-order valence-corrected chi connectivity index (χ2v) is 7.80. The van der Waals surface area contributed by atoms with Gasteiger partial charge in [0.25, 0.3) is 5.91 Å². The number of hydrogen-bond acceptors (Lipinski definition) is 2. The molecule has 1 amide bonds. The fraction of sp³-hybridized carbons (Fsp3) is 0.824. The number of halogens is 1. The second kappa shape index (κ2) is 9.82. The van der Waals surface area contributed by atoms with Crippen molar-refractivity contribution in [3.63, 3.8) is 0 Å². The van der Waals surface area contributed by atoms with Crippen molar-refractivity contribution >= 4 is 28.5 Å². The number of carbonyl (C=O) groups is 1. The normalized spacial score (nSPS) is 16.8. The fourth-order valence-electron chi connectivity index (χ4n) is 2.32. The Balaban J connectivity index is 4.57. The first kappa shape index (κ1) is 20.9. The Morgan fingerprint density at radius 3 is 2.29 bits per heavy atom. The molecular formula is C17H32INO2. The lowest BCUT2D eigenvalue weighted by molar-refractivity contribution is -0.149. The van der Waals surface area contributed by atoms with Gasteiger partial charge in [0.05, 0.1) is 0 Å². The number of allylic oxidation sites excluding steroid dienone is 2. The van der Waals surface area contributed by atoms with Crippen LogP contribution >= 0.6 is 22.6 Å². The molecular weight excluding hydrogens is 377 g/mol. The van der Waals surface area contributed by atoms with Crippen LogP contribution in [0, 0.1) is 5.92 Å². The van der Waals surface area contributed by atoms with Crippen LogP contribution in [0.5, 0.6) is 0 Å². The molecule has 0 aromatic rings. The minimum Gasteiger partial charge on any atom is -0.379 e. The third-order valence-electron chi connectivity index (χ3n) is 3.91. The van der Waals surface area contributed by atoms with Crippen LogP contribution in [0.3, 0.4) is 0 Å². The Morgan fingerprint density at radius 2 is 1.86 bits per heavy atom. The molecule has 4 heteroatoms. The third kappa shape index (κ3) is 7.13. The smallest absolute Gasteiger partial charge is 0.255 e. The van der Waals surface area contributed by atoms with Crippen LogP contribution in [0.25, 0.3) is 0 Å². The van der Waals surface area contributed by atoms with Gasteiger partial charge in [-0.25, -0.2) is 0 Å². The van der Waals surface area contributed by atoms with Crippen LogP contribution < -0.4 is 0 Å². The summed E-state index contributed by atoms with van der Waals surface area (Å²) in [5.74, 6) is 0.349. The molecule has 21 heavy (non-hydrogen) atoms. The molecule has 0 fully saturated rings. The molecule has 0 heterocycles. The highest BCUT2D eigenvalue weighted by molar-refractivity contribution is 14.1. The molecule has 3 atom stereocenters. The summed E-state index contributed by atoms with van der Waals surface area (Å²) < 4.78 is -0.0649. The Labute approximate surface area is 144 Å². The molecule has 3 nitrogen and oxygen atoms in total. The first-order valence-electron chi connectivity index (χ1n) is 7.95. The van der Waals surface area contributed by atoms with Crippen molar-refractivity contribution in [1.82, 2.24) is 4.90 Å². The zero-order valence-electron chi connectivity index (χ0n) is 14.4. The van der Waals surface area contributed by atoms with E-state index in [2.05, 4.69) is 49.4 Å². The predicted octanol–water partition coefficient (Wildman–Crippen LogP) is 4.18. The van der Waals surface area contributed by atoms with Crippen LogP contribution in [0.4, 0.5) is 0 Å². The monoisotopic (exact) mass is 409 g/mol. The molecule has 0 spiro atoms. The first-order valence-corrected chi connectivity index (χ1v) is 9.20. The predicted molar refractivity (Wildman–Crippen MR) is 98.8 cm³/mol. The molecule has 1 N–H and O–H groups in total. The molecule has 0 bridgehead atoms. The van der Waals surface area contributed by atoms with E-state index in [0.29, 0.717) is 19.0 Å². The highest BCUT2D eigenvalue weighted by atomic mass is 127. The van der Waals surface area contributed by atoms with Crippen LogP contribution in [0.1, 0.15) is 60.8 Å². The fourth-order valence-corrected chi connectivity index (χ4v) is 3.46. The van der Waals surface area contributed by atoms with Gasteiger partial charge < -0.3 is 10.0 Å². The number of carbonyl (C=O) groups excluding carboxylic acids is 1. The van der Waals surface area contributed by atoms with Crippen molar-refractivity contribution in [1.29, 1.82) is 0 Å². The topological polar surface area (TPSA) is 40.5 Å². The summed E-state index contributed by atoms with van der Waals surface area (Å²) in [5, 5.41) is 10.6. The van der Waals surface area contributed by atoms with Crippen molar-refractivity contribution in [2.45, 2.75) is 70.3 Å². The van der Waals surface area contributed by atoms with E-state index in [1.165, 1.54) is 5.57 Å². The van der Waals surface area contributed by atoms with Gasteiger partial charge in [0.1, 0.15) is 0 Å². The van der Waals surface area contributed by atoms with E-state index < -0.39 is 5.60 Å². The minimum absolute atomic E-state index is 0.0649. The molecule has 0 saturated carbocycles. The standard InChI is InChI=1S/C17H32INO2/c1-7-19(8-2)16(20)17(6,21)15(18)12-14(5)11-9-10-13(3)4/h10,14-15,21H,7-9,11-12H2,1-6H3/t14?,15-,17-/m1/s1. The summed E-state index contributed by atoms with van der Waals surface area (Å²) in [6, 6.07) is 0. The highest BCUT2D eigenvalue weighted by Crippen LogP contribution is 2.29. The Kier molecular flexibility index (Phi) is 9.78. The van der Waals surface area contributed by atoms with E-state index in [-0.39, 0.29) is 9.83 Å². The molecule has 0 aliphatic carbocycles. The third-order valence-corrected chi connectivity index (χ3v) is 5.64. The molecule has 1 unspecified atom stereocenters. The summed E-state index contributed by atoms with van der Waals surface area (Å²) in [6.45, 7) is 13.3. The maximum atomic E-state index is 12.4. The summed E-state index contributed by atoms with van der Waals surface area (Å²) in [4.78, 5) is 14.1. The zero-order valence-corrected chi connectivity index (χ0v) is 16.6. The number of alkyl halides is 1. The van der Waals surface area contributed by atoms with E-state index in [4.69, 9.17) is 0 Å². The Morgan fingerprint density at radius 1 is 1.33 bits per heavy atom. The van der Waals surface area contributed by atoms with Gasteiger partial charge in [-0.3, -0.25) is 4.79 Å². The maximum absolute atomic E-state index is 12.4. The van der Waals surface area contributed by atoms with Crippen molar-refractivity contribution in [3.8, 4) is 0 Å². The number of rotatable bonds is 9.